The topological polar surface area (TPSA) is 144 Å². The van der Waals surface area contributed by atoms with E-state index in [1.807, 2.05) is 42.5 Å². The van der Waals surface area contributed by atoms with Crippen molar-refractivity contribution in [3.63, 3.8) is 0 Å². The van der Waals surface area contributed by atoms with Crippen LogP contribution in [-0.4, -0.2) is 47.8 Å². The highest BCUT2D eigenvalue weighted by Crippen LogP contribution is 2.37. The molecule has 6 heterocycles. The average Bonchev–Trinajstić information content (AvgIpc) is 3.79. The smallest absolute Gasteiger partial charge is 0.231 e. The number of anilines is 1. The van der Waals surface area contributed by atoms with Gasteiger partial charge in [0.15, 0.2) is 23.0 Å². The van der Waals surface area contributed by atoms with Crippen molar-refractivity contribution < 1.29 is 14.3 Å². The van der Waals surface area contributed by atoms with E-state index in [0.717, 1.165) is 40.7 Å². The van der Waals surface area contributed by atoms with E-state index in [1.165, 1.54) is 19.3 Å². The highest BCUT2D eigenvalue weighted by molar-refractivity contribution is 5.95. The van der Waals surface area contributed by atoms with Crippen molar-refractivity contribution in [2.75, 3.05) is 12.1 Å². The third-order valence-electron chi connectivity index (χ3n) is 8.20. The highest BCUT2D eigenvalue weighted by Gasteiger charge is 2.20. The number of benzene rings is 1. The molecule has 0 saturated heterocycles. The van der Waals surface area contributed by atoms with E-state index < -0.39 is 0 Å². The summed E-state index contributed by atoms with van der Waals surface area (Å²) in [6, 6.07) is 13.4. The third-order valence-corrected chi connectivity index (χ3v) is 8.20. The Morgan fingerprint density at radius 3 is 2.70 bits per heavy atom. The summed E-state index contributed by atoms with van der Waals surface area (Å²) < 4.78 is 11.0. The number of carbonyl (C=O) groups excluding carboxylic acids is 1. The minimum Gasteiger partial charge on any atom is -0.454 e. The molecule has 1 amide bonds. The van der Waals surface area contributed by atoms with Crippen LogP contribution >= 0.6 is 0 Å². The van der Waals surface area contributed by atoms with Crippen molar-refractivity contribution in [3.8, 4) is 45.5 Å². The number of carbonyl (C=O) groups is 1. The van der Waals surface area contributed by atoms with Crippen LogP contribution in [0.1, 0.15) is 38.5 Å². The molecule has 2 aliphatic rings. The number of H-pyrrole nitrogens is 2. The van der Waals surface area contributed by atoms with Crippen molar-refractivity contribution in [1.82, 2.24) is 35.1 Å². The van der Waals surface area contributed by atoms with Gasteiger partial charge in [-0.05, 0) is 61.2 Å². The maximum Gasteiger partial charge on any atom is 0.231 e. The number of nitrogens with one attached hydrogen (secondary N) is 3. The number of hydrogen-bond donors (Lipinski definition) is 3. The Hall–Kier alpha value is -5.32. The van der Waals surface area contributed by atoms with Gasteiger partial charge in [0.2, 0.25) is 12.7 Å². The van der Waals surface area contributed by atoms with E-state index in [4.69, 9.17) is 19.4 Å². The zero-order chi connectivity index (χ0) is 28.8. The maximum atomic E-state index is 12.7. The van der Waals surface area contributed by atoms with Crippen LogP contribution in [0.2, 0.25) is 0 Å². The van der Waals surface area contributed by atoms with Crippen LogP contribution in [0.3, 0.4) is 0 Å². The predicted octanol–water partition coefficient (Wildman–Crippen LogP) is 6.26. The molecule has 11 nitrogen and oxygen atoms in total. The SMILES string of the molecule is O=C(CC1CCCCC1)Nc1cncc(-c2ccc3[nH]nc(-c4nc5c(-c6ccc7c(c6)OCO7)nccc5[nH]4)c3n2)c1. The number of pyridine rings is 3. The first-order valence-corrected chi connectivity index (χ1v) is 14.5. The van der Waals surface area contributed by atoms with Crippen molar-refractivity contribution in [1.29, 1.82) is 0 Å². The van der Waals surface area contributed by atoms with Gasteiger partial charge in [-0.2, -0.15) is 5.10 Å². The number of imidazole rings is 1. The molecule has 1 aliphatic heterocycles. The van der Waals surface area contributed by atoms with Gasteiger partial charge in [-0.15, -0.1) is 0 Å². The molecule has 43 heavy (non-hydrogen) atoms. The van der Waals surface area contributed by atoms with Gasteiger partial charge in [0.05, 0.1) is 34.3 Å². The van der Waals surface area contributed by atoms with Crippen LogP contribution in [0, 0.1) is 5.92 Å². The van der Waals surface area contributed by atoms with E-state index in [0.29, 0.717) is 57.8 Å². The largest absolute Gasteiger partial charge is 0.454 e. The Balaban J connectivity index is 1.10. The average molecular weight is 573 g/mol. The molecule has 1 aliphatic carbocycles. The number of fused-ring (bicyclic) bond motifs is 3. The number of rotatable bonds is 6. The molecule has 214 valence electrons. The predicted molar refractivity (Wildman–Crippen MR) is 161 cm³/mol. The minimum atomic E-state index is 0.0332. The maximum absolute atomic E-state index is 12.7. The Morgan fingerprint density at radius 1 is 0.884 bits per heavy atom. The summed E-state index contributed by atoms with van der Waals surface area (Å²) >= 11 is 0. The van der Waals surface area contributed by atoms with E-state index in [-0.39, 0.29) is 12.7 Å². The van der Waals surface area contributed by atoms with Gasteiger partial charge in [0.25, 0.3) is 0 Å². The molecule has 0 spiro atoms. The zero-order valence-corrected chi connectivity index (χ0v) is 23.3. The van der Waals surface area contributed by atoms with Crippen LogP contribution in [0.25, 0.3) is 56.1 Å². The molecular formula is C32H28N8O3. The van der Waals surface area contributed by atoms with Gasteiger partial charge in [-0.1, -0.05) is 19.3 Å². The monoisotopic (exact) mass is 572 g/mol. The first kappa shape index (κ1) is 25.4. The lowest BCUT2D eigenvalue weighted by Gasteiger charge is -2.20. The minimum absolute atomic E-state index is 0.0332. The lowest BCUT2D eigenvalue weighted by Crippen LogP contribution is -2.18. The van der Waals surface area contributed by atoms with Crippen molar-refractivity contribution in [2.45, 2.75) is 38.5 Å². The highest BCUT2D eigenvalue weighted by atomic mass is 16.7. The number of amides is 1. The Kier molecular flexibility index (Phi) is 6.20. The summed E-state index contributed by atoms with van der Waals surface area (Å²) in [4.78, 5) is 34.9. The van der Waals surface area contributed by atoms with E-state index in [9.17, 15) is 4.79 Å². The summed E-state index contributed by atoms with van der Waals surface area (Å²) in [5.41, 5.74) is 7.34. The zero-order valence-electron chi connectivity index (χ0n) is 23.3. The molecular weight excluding hydrogens is 544 g/mol. The summed E-state index contributed by atoms with van der Waals surface area (Å²) in [7, 11) is 0. The molecule has 0 unspecified atom stereocenters. The molecule has 1 aromatic carbocycles. The van der Waals surface area contributed by atoms with Gasteiger partial charge in [-0.25, -0.2) is 9.97 Å². The molecule has 3 N–H and O–H groups in total. The van der Waals surface area contributed by atoms with E-state index in [1.54, 1.807) is 18.6 Å². The molecule has 1 saturated carbocycles. The third kappa shape index (κ3) is 4.82. The summed E-state index contributed by atoms with van der Waals surface area (Å²) in [5.74, 6) is 2.47. The lowest BCUT2D eigenvalue weighted by atomic mass is 9.87. The Bertz CT molecular complexity index is 1990. The number of hydrogen-bond acceptors (Lipinski definition) is 8. The van der Waals surface area contributed by atoms with Gasteiger partial charge < -0.3 is 19.8 Å². The standard InChI is InChI=1S/C32H28N8O3/c41-27(12-18-4-2-1-3-5-18)35-21-13-20(15-33-16-21)22-7-8-24-30(36-22)31(40-39-24)32-37-23-10-11-34-28(29(23)38-32)19-6-9-25-26(14-19)43-17-42-25/h6-11,13-16,18H,1-5,12,17H2,(H,35,41)(H,37,38)(H,39,40). The number of ether oxygens (including phenoxy) is 2. The van der Waals surface area contributed by atoms with Gasteiger partial charge in [-0.3, -0.25) is 19.9 Å². The molecule has 0 atom stereocenters. The molecule has 11 heteroatoms. The molecule has 8 rings (SSSR count). The fraction of sp³-hybridized carbons (Fsp3) is 0.250. The molecule has 0 radical (unpaired) electrons. The summed E-state index contributed by atoms with van der Waals surface area (Å²) in [6.45, 7) is 0.208. The first-order chi connectivity index (χ1) is 21.2. The van der Waals surface area contributed by atoms with Crippen molar-refractivity contribution in [2.24, 2.45) is 5.92 Å². The van der Waals surface area contributed by atoms with Gasteiger partial charge in [0, 0.05) is 29.9 Å². The van der Waals surface area contributed by atoms with E-state index in [2.05, 4.69) is 30.5 Å². The molecule has 1 fully saturated rings. The number of aromatic nitrogens is 7. The molecule has 5 aromatic heterocycles. The normalized spacial score (nSPS) is 14.9. The summed E-state index contributed by atoms with van der Waals surface area (Å²) in [6.07, 6.45) is 11.7. The van der Waals surface area contributed by atoms with Crippen LogP contribution in [-0.2, 0) is 4.79 Å². The molecule has 0 bridgehead atoms. The van der Waals surface area contributed by atoms with Gasteiger partial charge in [0.1, 0.15) is 11.0 Å². The fourth-order valence-corrected chi connectivity index (χ4v) is 6.04. The van der Waals surface area contributed by atoms with Crippen LogP contribution in [0.4, 0.5) is 5.69 Å². The van der Waals surface area contributed by atoms with Gasteiger partial charge >= 0.3 is 0 Å². The Morgan fingerprint density at radius 2 is 1.77 bits per heavy atom. The second-order valence-electron chi connectivity index (χ2n) is 11.1. The first-order valence-electron chi connectivity index (χ1n) is 14.5. The quantitative estimate of drug-likeness (QED) is 0.212. The van der Waals surface area contributed by atoms with Crippen LogP contribution in [0.15, 0.2) is 61.1 Å². The number of nitrogens with zero attached hydrogens (tertiary/aromatic N) is 5. The van der Waals surface area contributed by atoms with Crippen LogP contribution < -0.4 is 14.8 Å². The lowest BCUT2D eigenvalue weighted by molar-refractivity contribution is -0.117. The van der Waals surface area contributed by atoms with Crippen molar-refractivity contribution in [3.05, 3.63) is 61.1 Å². The summed E-state index contributed by atoms with van der Waals surface area (Å²) in [5, 5.41) is 10.6. The second-order valence-corrected chi connectivity index (χ2v) is 11.1. The fourth-order valence-electron chi connectivity index (χ4n) is 6.04. The second kappa shape index (κ2) is 10.5. The number of aromatic amines is 2. The van der Waals surface area contributed by atoms with E-state index >= 15 is 0 Å². The molecule has 6 aromatic rings. The van der Waals surface area contributed by atoms with Crippen LogP contribution in [0.5, 0.6) is 11.5 Å². The van der Waals surface area contributed by atoms with Crippen molar-refractivity contribution >= 4 is 33.7 Å². The Labute approximate surface area is 246 Å².